The maximum Gasteiger partial charge on any atom is 0.239 e. The summed E-state index contributed by atoms with van der Waals surface area (Å²) in [6.45, 7) is 4.36. The van der Waals surface area contributed by atoms with Crippen molar-refractivity contribution in [3.63, 3.8) is 0 Å². The number of halogens is 2. The smallest absolute Gasteiger partial charge is 0.239 e. The van der Waals surface area contributed by atoms with Crippen LogP contribution in [0.25, 0.3) is 22.3 Å². The van der Waals surface area contributed by atoms with Crippen LogP contribution in [0.2, 0.25) is 0 Å². The predicted molar refractivity (Wildman–Crippen MR) is 139 cm³/mol. The second kappa shape index (κ2) is 12.0. The van der Waals surface area contributed by atoms with E-state index in [2.05, 4.69) is 31.9 Å². The van der Waals surface area contributed by atoms with Crippen LogP contribution in [-0.2, 0) is 6.42 Å². The molecule has 0 radical (unpaired) electrons. The van der Waals surface area contributed by atoms with Crippen molar-refractivity contribution in [1.82, 2.24) is 0 Å². The molecule has 3 aromatic rings. The number of aliphatic hydroxyl groups excluding tert-OH is 1. The Morgan fingerprint density at radius 1 is 1.06 bits per heavy atom. The molecule has 2 N–H and O–H groups in total. The van der Waals surface area contributed by atoms with Crippen molar-refractivity contribution in [2.45, 2.75) is 26.4 Å². The molecule has 3 rings (SSSR count). The number of methoxy groups -OCH3 is 1. The Kier molecular flexibility index (Phi) is 9.27. The van der Waals surface area contributed by atoms with Crippen molar-refractivity contribution in [2.75, 3.05) is 31.0 Å². The van der Waals surface area contributed by atoms with E-state index in [1.54, 1.807) is 31.4 Å². The lowest BCUT2D eigenvalue weighted by atomic mass is 9.96. The van der Waals surface area contributed by atoms with Crippen molar-refractivity contribution in [1.29, 1.82) is 0 Å². The number of phenols is 1. The number of aromatic hydroxyl groups is 1. The summed E-state index contributed by atoms with van der Waals surface area (Å²) in [5, 5.41) is 22.5. The Bertz CT molecular complexity index is 1170. The van der Waals surface area contributed by atoms with Crippen LogP contribution in [0.1, 0.15) is 19.4 Å². The lowest BCUT2D eigenvalue weighted by molar-refractivity contribution is 0.124. The van der Waals surface area contributed by atoms with Crippen LogP contribution in [0.4, 0.5) is 0 Å². The van der Waals surface area contributed by atoms with Gasteiger partial charge in [0.05, 0.1) is 26.4 Å². The number of aliphatic hydroxyl groups is 1. The average Bonchev–Trinajstić information content (AvgIpc) is 2.83. The number of fused-ring (bicyclic) bond motifs is 1. The van der Waals surface area contributed by atoms with Crippen LogP contribution < -0.4 is 19.6 Å². The summed E-state index contributed by atoms with van der Waals surface area (Å²) in [4.78, 5) is 13.6. The number of ether oxygens (including phenoxy) is 3. The van der Waals surface area contributed by atoms with Gasteiger partial charge in [0.25, 0.3) is 0 Å². The molecular weight excluding hydrogens is 572 g/mol. The quantitative estimate of drug-likeness (QED) is 0.289. The third-order valence-corrected chi connectivity index (χ3v) is 6.01. The van der Waals surface area contributed by atoms with Gasteiger partial charge in [0.15, 0.2) is 5.76 Å². The fourth-order valence-electron chi connectivity index (χ4n) is 3.48. The molecule has 34 heavy (non-hydrogen) atoms. The minimum absolute atomic E-state index is 0.00287. The van der Waals surface area contributed by atoms with E-state index in [4.69, 9.17) is 18.6 Å². The first-order chi connectivity index (χ1) is 16.3. The fourth-order valence-corrected chi connectivity index (χ4v) is 3.80. The average molecular weight is 600 g/mol. The minimum atomic E-state index is -0.710. The number of benzene rings is 2. The molecule has 1 unspecified atom stereocenters. The molecule has 0 saturated carbocycles. The SMILES string of the molecule is COc1ccc(-c2oc3c(CC(O)C(C)C)c(OCCBr)cc(O)c3c(=O)c2OCCBr)cc1. The fraction of sp³-hybridized carbons (Fsp3) is 0.400. The summed E-state index contributed by atoms with van der Waals surface area (Å²) in [5.41, 5.74) is 0.768. The normalized spacial score (nSPS) is 12.2. The molecule has 0 fully saturated rings. The van der Waals surface area contributed by atoms with Gasteiger partial charge in [-0.3, -0.25) is 4.79 Å². The second-order valence-corrected chi connectivity index (χ2v) is 9.57. The van der Waals surface area contributed by atoms with Crippen LogP contribution in [0.15, 0.2) is 39.5 Å². The number of hydrogen-bond donors (Lipinski definition) is 2. The summed E-state index contributed by atoms with van der Waals surface area (Å²) >= 11 is 6.64. The van der Waals surface area contributed by atoms with Crippen molar-refractivity contribution in [3.8, 4) is 34.3 Å². The lowest BCUT2D eigenvalue weighted by Crippen LogP contribution is -2.19. The highest BCUT2D eigenvalue weighted by molar-refractivity contribution is 9.09. The van der Waals surface area contributed by atoms with E-state index >= 15 is 0 Å². The predicted octanol–water partition coefficient (Wildman–Crippen LogP) is 5.28. The largest absolute Gasteiger partial charge is 0.507 e. The van der Waals surface area contributed by atoms with Crippen molar-refractivity contribution < 1.29 is 28.8 Å². The van der Waals surface area contributed by atoms with Gasteiger partial charge in [-0.25, -0.2) is 0 Å². The zero-order valence-electron chi connectivity index (χ0n) is 19.3. The van der Waals surface area contributed by atoms with E-state index in [-0.39, 0.29) is 47.2 Å². The lowest BCUT2D eigenvalue weighted by Gasteiger charge is -2.20. The molecule has 7 nitrogen and oxygen atoms in total. The Morgan fingerprint density at radius 3 is 2.29 bits per heavy atom. The molecule has 0 bridgehead atoms. The molecule has 184 valence electrons. The van der Waals surface area contributed by atoms with Gasteiger partial charge in [-0.05, 0) is 30.2 Å². The van der Waals surface area contributed by atoms with Crippen LogP contribution >= 0.6 is 31.9 Å². The van der Waals surface area contributed by atoms with E-state index in [0.29, 0.717) is 39.9 Å². The molecular formula is C25H28Br2O7. The highest BCUT2D eigenvalue weighted by atomic mass is 79.9. The van der Waals surface area contributed by atoms with Crippen molar-refractivity contribution >= 4 is 42.8 Å². The van der Waals surface area contributed by atoms with Crippen LogP contribution in [-0.4, -0.2) is 47.3 Å². The highest BCUT2D eigenvalue weighted by Gasteiger charge is 2.26. The zero-order valence-corrected chi connectivity index (χ0v) is 22.4. The van der Waals surface area contributed by atoms with Crippen LogP contribution in [0.5, 0.6) is 23.0 Å². The number of phenolic OH excluding ortho intramolecular Hbond substituents is 1. The van der Waals surface area contributed by atoms with Crippen molar-refractivity contribution in [3.05, 3.63) is 46.1 Å². The molecule has 0 aliphatic heterocycles. The number of rotatable bonds is 11. The Hall–Kier alpha value is -2.23. The zero-order chi connectivity index (χ0) is 24.8. The van der Waals surface area contributed by atoms with Gasteiger partial charge >= 0.3 is 0 Å². The molecule has 0 spiro atoms. The monoisotopic (exact) mass is 598 g/mol. The Balaban J connectivity index is 2.35. The van der Waals surface area contributed by atoms with E-state index in [9.17, 15) is 15.0 Å². The maximum atomic E-state index is 13.6. The molecule has 9 heteroatoms. The van der Waals surface area contributed by atoms with Crippen LogP contribution in [0, 0.1) is 5.92 Å². The van der Waals surface area contributed by atoms with Gasteiger partial charge in [0.2, 0.25) is 11.2 Å². The Labute approximate surface area is 214 Å². The van der Waals surface area contributed by atoms with Crippen LogP contribution in [0.3, 0.4) is 0 Å². The van der Waals surface area contributed by atoms with Gasteiger partial charge in [0, 0.05) is 34.3 Å². The summed E-state index contributed by atoms with van der Waals surface area (Å²) < 4.78 is 23.1. The molecule has 0 aliphatic carbocycles. The topological polar surface area (TPSA) is 98.4 Å². The van der Waals surface area contributed by atoms with Gasteiger partial charge in [0.1, 0.15) is 28.2 Å². The molecule has 0 aliphatic rings. The van der Waals surface area contributed by atoms with Gasteiger partial charge < -0.3 is 28.8 Å². The van der Waals surface area contributed by atoms with Gasteiger partial charge in [-0.2, -0.15) is 0 Å². The number of hydrogen-bond acceptors (Lipinski definition) is 7. The molecule has 0 saturated heterocycles. The molecule has 0 amide bonds. The molecule has 1 atom stereocenters. The minimum Gasteiger partial charge on any atom is -0.507 e. The second-order valence-electron chi connectivity index (χ2n) is 7.98. The first-order valence-corrected chi connectivity index (χ1v) is 13.1. The third-order valence-electron chi connectivity index (χ3n) is 5.36. The molecule has 1 aromatic heterocycles. The van der Waals surface area contributed by atoms with Gasteiger partial charge in [-0.15, -0.1) is 0 Å². The summed E-state index contributed by atoms with van der Waals surface area (Å²) in [6, 6.07) is 8.43. The first kappa shape index (κ1) is 26.4. The third kappa shape index (κ3) is 5.70. The molecule has 2 aromatic carbocycles. The number of alkyl halides is 2. The van der Waals surface area contributed by atoms with Gasteiger partial charge in [-0.1, -0.05) is 45.7 Å². The summed E-state index contributed by atoms with van der Waals surface area (Å²) in [7, 11) is 1.57. The maximum absolute atomic E-state index is 13.6. The van der Waals surface area contributed by atoms with E-state index in [1.807, 2.05) is 13.8 Å². The Morgan fingerprint density at radius 2 is 1.71 bits per heavy atom. The standard InChI is InChI=1S/C25H28Br2O7/c1-14(2)18(28)12-17-20(32-10-8-26)13-19(29)21-22(30)25(33-11-9-27)23(34-24(17)21)15-4-6-16(31-3)7-5-15/h4-7,13-14,18,28-29H,8-12H2,1-3H3. The first-order valence-electron chi connectivity index (χ1n) is 10.9. The summed E-state index contributed by atoms with van der Waals surface area (Å²) in [6.07, 6.45) is -0.531. The highest BCUT2D eigenvalue weighted by Crippen LogP contribution is 2.40. The van der Waals surface area contributed by atoms with Crippen molar-refractivity contribution in [2.24, 2.45) is 5.92 Å². The van der Waals surface area contributed by atoms with E-state index < -0.39 is 11.5 Å². The van der Waals surface area contributed by atoms with E-state index in [0.717, 1.165) is 0 Å². The van der Waals surface area contributed by atoms with E-state index in [1.165, 1.54) is 6.07 Å². The molecule has 1 heterocycles. The summed E-state index contributed by atoms with van der Waals surface area (Å²) in [5.74, 6) is 0.902.